The van der Waals surface area contributed by atoms with Crippen molar-refractivity contribution in [2.24, 2.45) is 0 Å². The molecule has 2 N–H and O–H groups in total. The highest BCUT2D eigenvalue weighted by atomic mass is 32.2. The van der Waals surface area contributed by atoms with Crippen LogP contribution in [0.3, 0.4) is 0 Å². The molecule has 0 unspecified atom stereocenters. The zero-order valence-corrected chi connectivity index (χ0v) is 18.9. The number of hydrogen-bond acceptors (Lipinski definition) is 7. The van der Waals surface area contributed by atoms with Crippen molar-refractivity contribution in [2.45, 2.75) is 30.7 Å². The molecule has 2 aromatic carbocycles. The zero-order valence-electron chi connectivity index (χ0n) is 18.1. The first-order valence-corrected chi connectivity index (χ1v) is 11.2. The predicted molar refractivity (Wildman–Crippen MR) is 126 cm³/mol. The van der Waals surface area contributed by atoms with Gasteiger partial charge in [-0.1, -0.05) is 49.0 Å². The second kappa shape index (κ2) is 11.1. The number of nitrogens with zero attached hydrogens (tertiary/aromatic N) is 2. The molecule has 0 fully saturated rings. The third-order valence-electron chi connectivity index (χ3n) is 4.64. The second-order valence-electron chi connectivity index (χ2n) is 6.87. The topological polar surface area (TPSA) is 125 Å². The molecular formula is C24H22N4O4S. The summed E-state index contributed by atoms with van der Waals surface area (Å²) in [6, 6.07) is 17.2. The van der Waals surface area contributed by atoms with E-state index in [1.165, 1.54) is 0 Å². The van der Waals surface area contributed by atoms with E-state index >= 15 is 0 Å². The highest BCUT2D eigenvalue weighted by Crippen LogP contribution is 2.26. The van der Waals surface area contributed by atoms with Gasteiger partial charge in [0.1, 0.15) is 11.6 Å². The molecule has 1 heterocycles. The molecule has 3 aromatic rings. The lowest BCUT2D eigenvalue weighted by Crippen LogP contribution is -2.25. The number of ether oxygens (including phenoxy) is 1. The molecule has 33 heavy (non-hydrogen) atoms. The Morgan fingerprint density at radius 2 is 1.85 bits per heavy atom. The van der Waals surface area contributed by atoms with Crippen LogP contribution < -0.4 is 10.9 Å². The minimum atomic E-state index is -0.557. The van der Waals surface area contributed by atoms with Crippen LogP contribution in [0.2, 0.25) is 0 Å². The Morgan fingerprint density at radius 1 is 1.15 bits per heavy atom. The van der Waals surface area contributed by atoms with Crippen LogP contribution in [0.15, 0.2) is 64.5 Å². The van der Waals surface area contributed by atoms with Gasteiger partial charge in [0.25, 0.3) is 5.56 Å². The molecule has 0 saturated heterocycles. The van der Waals surface area contributed by atoms with Crippen LogP contribution in [0.5, 0.6) is 0 Å². The Bertz CT molecular complexity index is 1230. The van der Waals surface area contributed by atoms with Crippen molar-refractivity contribution in [1.82, 2.24) is 9.97 Å². The summed E-state index contributed by atoms with van der Waals surface area (Å²) in [5, 5.41) is 11.9. The van der Waals surface area contributed by atoms with Crippen LogP contribution in [0, 0.1) is 11.3 Å². The number of H-pyrrole nitrogens is 1. The number of hydrogen-bond donors (Lipinski definition) is 2. The number of benzene rings is 2. The summed E-state index contributed by atoms with van der Waals surface area (Å²) in [6.45, 7) is 3.86. The smallest absolute Gasteiger partial charge is 0.338 e. The van der Waals surface area contributed by atoms with Crippen LogP contribution in [0.4, 0.5) is 5.69 Å². The Balaban J connectivity index is 1.78. The van der Waals surface area contributed by atoms with Crippen molar-refractivity contribution >= 4 is 29.3 Å². The van der Waals surface area contributed by atoms with E-state index in [-0.39, 0.29) is 28.9 Å². The Hall–Kier alpha value is -3.90. The number of anilines is 1. The number of aromatic amines is 1. The van der Waals surface area contributed by atoms with E-state index < -0.39 is 16.8 Å². The lowest BCUT2D eigenvalue weighted by Gasteiger charge is -2.15. The first kappa shape index (κ1) is 23.8. The van der Waals surface area contributed by atoms with Gasteiger partial charge in [-0.05, 0) is 37.6 Å². The van der Waals surface area contributed by atoms with Crippen molar-refractivity contribution in [3.8, 4) is 17.3 Å². The number of rotatable bonds is 8. The van der Waals surface area contributed by atoms with Crippen molar-refractivity contribution < 1.29 is 14.3 Å². The summed E-state index contributed by atoms with van der Waals surface area (Å²) in [4.78, 5) is 44.1. The van der Waals surface area contributed by atoms with Gasteiger partial charge in [-0.2, -0.15) is 5.26 Å². The summed E-state index contributed by atoms with van der Waals surface area (Å²) in [7, 11) is 0. The van der Waals surface area contributed by atoms with Crippen molar-refractivity contribution in [3.05, 3.63) is 76.1 Å². The SMILES string of the molecule is CCOC(=O)c1ccc(NC(=O)[C@H](CC)Sc2nc(-c3ccccc3)c(C#N)c(=O)[nH]2)cc1. The maximum atomic E-state index is 12.8. The third-order valence-corrected chi connectivity index (χ3v) is 5.89. The van der Waals surface area contributed by atoms with Crippen LogP contribution in [0.25, 0.3) is 11.3 Å². The number of carbonyl (C=O) groups is 2. The maximum absolute atomic E-state index is 12.8. The van der Waals surface area contributed by atoms with E-state index in [4.69, 9.17) is 4.74 Å². The Kier molecular flexibility index (Phi) is 8.00. The number of aromatic nitrogens is 2. The van der Waals surface area contributed by atoms with E-state index in [2.05, 4.69) is 15.3 Å². The summed E-state index contributed by atoms with van der Waals surface area (Å²) in [6.07, 6.45) is 0.474. The normalized spacial score (nSPS) is 11.3. The van der Waals surface area contributed by atoms with Crippen LogP contribution in [0.1, 0.15) is 36.2 Å². The van der Waals surface area contributed by atoms with Crippen LogP contribution >= 0.6 is 11.8 Å². The lowest BCUT2D eigenvalue weighted by atomic mass is 10.1. The Morgan fingerprint density at radius 3 is 2.45 bits per heavy atom. The fourth-order valence-corrected chi connectivity index (χ4v) is 3.90. The maximum Gasteiger partial charge on any atom is 0.338 e. The molecule has 8 nitrogen and oxygen atoms in total. The predicted octanol–water partition coefficient (Wildman–Crippen LogP) is 3.99. The standard InChI is InChI=1S/C24H22N4O4S/c1-3-19(22(30)26-17-12-10-16(11-13-17)23(31)32-4-2)33-24-27-20(15-8-6-5-7-9-15)18(14-25)21(29)28-24/h5-13,19H,3-4H2,1-2H3,(H,26,30)(H,27,28,29)/t19-/m0/s1. The van der Waals surface area contributed by atoms with Gasteiger partial charge in [0.05, 0.1) is 23.1 Å². The van der Waals surface area contributed by atoms with Crippen molar-refractivity contribution in [2.75, 3.05) is 11.9 Å². The monoisotopic (exact) mass is 462 g/mol. The molecule has 0 aliphatic carbocycles. The summed E-state index contributed by atoms with van der Waals surface area (Å²) in [5.41, 5.74) is 1.20. The van der Waals surface area contributed by atoms with E-state index in [0.717, 1.165) is 11.8 Å². The lowest BCUT2D eigenvalue weighted by molar-refractivity contribution is -0.115. The molecule has 0 aliphatic rings. The van der Waals surface area contributed by atoms with Gasteiger partial charge < -0.3 is 15.0 Å². The minimum absolute atomic E-state index is 0.0789. The number of thioether (sulfide) groups is 1. The minimum Gasteiger partial charge on any atom is -0.462 e. The largest absolute Gasteiger partial charge is 0.462 e. The summed E-state index contributed by atoms with van der Waals surface area (Å²) in [5.74, 6) is -0.706. The number of nitriles is 1. The van der Waals surface area contributed by atoms with Gasteiger partial charge in [0.2, 0.25) is 5.91 Å². The average molecular weight is 463 g/mol. The molecular weight excluding hydrogens is 440 g/mol. The number of esters is 1. The molecule has 1 aromatic heterocycles. The molecule has 168 valence electrons. The fourth-order valence-electron chi connectivity index (χ4n) is 3.00. The molecule has 0 spiro atoms. The highest BCUT2D eigenvalue weighted by Gasteiger charge is 2.21. The van der Waals surface area contributed by atoms with Gasteiger partial charge >= 0.3 is 5.97 Å². The van der Waals surface area contributed by atoms with E-state index in [0.29, 0.717) is 23.2 Å². The second-order valence-corrected chi connectivity index (χ2v) is 8.07. The molecule has 9 heteroatoms. The molecule has 0 bridgehead atoms. The van der Waals surface area contributed by atoms with E-state index in [9.17, 15) is 19.6 Å². The molecule has 1 atom stereocenters. The van der Waals surface area contributed by atoms with Gasteiger partial charge in [-0.3, -0.25) is 9.59 Å². The number of nitrogens with one attached hydrogen (secondary N) is 2. The van der Waals surface area contributed by atoms with Crippen LogP contribution in [-0.4, -0.2) is 33.7 Å². The van der Waals surface area contributed by atoms with Crippen molar-refractivity contribution in [1.29, 1.82) is 5.26 Å². The molecule has 0 aliphatic heterocycles. The zero-order chi connectivity index (χ0) is 23.8. The quantitative estimate of drug-likeness (QED) is 0.294. The highest BCUT2D eigenvalue weighted by molar-refractivity contribution is 8.00. The fraction of sp³-hybridized carbons (Fsp3) is 0.208. The van der Waals surface area contributed by atoms with Crippen molar-refractivity contribution in [3.63, 3.8) is 0 Å². The van der Waals surface area contributed by atoms with Crippen LogP contribution in [-0.2, 0) is 9.53 Å². The molecule has 1 amide bonds. The van der Waals surface area contributed by atoms with E-state index in [1.54, 1.807) is 55.5 Å². The number of amides is 1. The molecule has 0 radical (unpaired) electrons. The average Bonchev–Trinajstić information content (AvgIpc) is 2.83. The van der Waals surface area contributed by atoms with Gasteiger partial charge in [-0.15, -0.1) is 0 Å². The van der Waals surface area contributed by atoms with Gasteiger partial charge in [-0.25, -0.2) is 9.78 Å². The third kappa shape index (κ3) is 5.87. The molecule has 3 rings (SSSR count). The molecule has 0 saturated carbocycles. The number of carbonyl (C=O) groups excluding carboxylic acids is 2. The Labute approximate surface area is 195 Å². The first-order chi connectivity index (χ1) is 16.0. The summed E-state index contributed by atoms with van der Waals surface area (Å²) >= 11 is 1.11. The van der Waals surface area contributed by atoms with Gasteiger partial charge in [0.15, 0.2) is 5.16 Å². The first-order valence-electron chi connectivity index (χ1n) is 10.3. The van der Waals surface area contributed by atoms with E-state index in [1.807, 2.05) is 19.1 Å². The van der Waals surface area contributed by atoms with Gasteiger partial charge in [0, 0.05) is 11.3 Å². The summed E-state index contributed by atoms with van der Waals surface area (Å²) < 4.78 is 4.95.